The molecule has 1 aromatic carbocycles. The molecule has 4 atom stereocenters. The van der Waals surface area contributed by atoms with E-state index in [1.165, 1.54) is 6.42 Å². The third-order valence-electron chi connectivity index (χ3n) is 5.20. The van der Waals surface area contributed by atoms with Gasteiger partial charge in [-0.05, 0) is 69.2 Å². The van der Waals surface area contributed by atoms with Crippen LogP contribution in [0, 0.1) is 17.8 Å². The molecule has 2 fully saturated rings. The van der Waals surface area contributed by atoms with Crippen molar-refractivity contribution < 1.29 is 19.1 Å². The SMILES string of the molecule is CCOc1ccc(OC(C)C(=O)NNC(=O)C2CC3CCC2C3)cc1. The number of amides is 2. The molecular formula is C19H26N2O4. The van der Waals surface area contributed by atoms with Gasteiger partial charge in [0, 0.05) is 5.92 Å². The summed E-state index contributed by atoms with van der Waals surface area (Å²) in [4.78, 5) is 24.4. The number of fused-ring (bicyclic) bond motifs is 2. The lowest BCUT2D eigenvalue weighted by molar-refractivity contribution is -0.135. The average Bonchev–Trinajstić information content (AvgIpc) is 3.24. The van der Waals surface area contributed by atoms with Crippen molar-refractivity contribution in [2.75, 3.05) is 6.61 Å². The summed E-state index contributed by atoms with van der Waals surface area (Å²) in [5.74, 6) is 2.11. The van der Waals surface area contributed by atoms with Gasteiger partial charge in [0.25, 0.3) is 5.91 Å². The van der Waals surface area contributed by atoms with Crippen molar-refractivity contribution in [1.82, 2.24) is 10.9 Å². The molecule has 2 aliphatic rings. The van der Waals surface area contributed by atoms with Crippen molar-refractivity contribution in [3.8, 4) is 11.5 Å². The van der Waals surface area contributed by atoms with E-state index in [9.17, 15) is 9.59 Å². The van der Waals surface area contributed by atoms with E-state index in [2.05, 4.69) is 10.9 Å². The second kappa shape index (κ2) is 7.76. The summed E-state index contributed by atoms with van der Waals surface area (Å²) in [6, 6.07) is 7.09. The van der Waals surface area contributed by atoms with E-state index in [-0.39, 0.29) is 17.7 Å². The smallest absolute Gasteiger partial charge is 0.279 e. The molecule has 0 saturated heterocycles. The van der Waals surface area contributed by atoms with Crippen molar-refractivity contribution in [3.05, 3.63) is 24.3 Å². The molecule has 0 aromatic heterocycles. The topological polar surface area (TPSA) is 76.7 Å². The van der Waals surface area contributed by atoms with Gasteiger partial charge in [0.1, 0.15) is 11.5 Å². The highest BCUT2D eigenvalue weighted by Gasteiger charge is 2.43. The Kier molecular flexibility index (Phi) is 5.46. The number of rotatable bonds is 6. The maximum Gasteiger partial charge on any atom is 0.279 e. The standard InChI is InChI=1S/C19H26N2O4/c1-3-24-15-6-8-16(9-7-15)25-12(2)18(22)20-21-19(23)17-11-13-4-5-14(17)10-13/h6-9,12-14,17H,3-5,10-11H2,1-2H3,(H,20,22)(H,21,23). The number of hydrogen-bond donors (Lipinski definition) is 2. The number of ether oxygens (including phenoxy) is 2. The highest BCUT2D eigenvalue weighted by atomic mass is 16.5. The van der Waals surface area contributed by atoms with Crippen LogP contribution in [-0.4, -0.2) is 24.5 Å². The van der Waals surface area contributed by atoms with E-state index in [1.54, 1.807) is 31.2 Å². The van der Waals surface area contributed by atoms with E-state index in [4.69, 9.17) is 9.47 Å². The number of carbonyl (C=O) groups excluding carboxylic acids is 2. The molecule has 2 saturated carbocycles. The van der Waals surface area contributed by atoms with Crippen LogP contribution in [0.2, 0.25) is 0 Å². The Morgan fingerprint density at radius 2 is 1.84 bits per heavy atom. The summed E-state index contributed by atoms with van der Waals surface area (Å²) in [7, 11) is 0. The van der Waals surface area contributed by atoms with Crippen LogP contribution in [0.15, 0.2) is 24.3 Å². The average molecular weight is 346 g/mol. The largest absolute Gasteiger partial charge is 0.494 e. The minimum atomic E-state index is -0.710. The molecule has 2 amide bonds. The van der Waals surface area contributed by atoms with E-state index in [1.807, 2.05) is 6.92 Å². The lowest BCUT2D eigenvalue weighted by Gasteiger charge is -2.21. The summed E-state index contributed by atoms with van der Waals surface area (Å²) in [6.45, 7) is 4.17. The predicted octanol–water partition coefficient (Wildman–Crippen LogP) is 2.44. The fourth-order valence-corrected chi connectivity index (χ4v) is 3.92. The Morgan fingerprint density at radius 1 is 1.12 bits per heavy atom. The second-order valence-electron chi connectivity index (χ2n) is 6.92. The van der Waals surface area contributed by atoms with Crippen LogP contribution in [0.4, 0.5) is 0 Å². The molecular weight excluding hydrogens is 320 g/mol. The van der Waals surface area contributed by atoms with Crippen LogP contribution in [0.25, 0.3) is 0 Å². The van der Waals surface area contributed by atoms with Gasteiger partial charge in [0.05, 0.1) is 6.61 Å². The van der Waals surface area contributed by atoms with Crippen LogP contribution >= 0.6 is 0 Å². The van der Waals surface area contributed by atoms with Crippen molar-refractivity contribution in [1.29, 1.82) is 0 Å². The molecule has 1 aromatic rings. The molecule has 2 bridgehead atoms. The van der Waals surface area contributed by atoms with Gasteiger partial charge in [-0.2, -0.15) is 0 Å². The van der Waals surface area contributed by atoms with Crippen LogP contribution in [0.3, 0.4) is 0 Å². The van der Waals surface area contributed by atoms with Gasteiger partial charge in [-0.3, -0.25) is 20.4 Å². The number of hydrazine groups is 1. The fourth-order valence-electron chi connectivity index (χ4n) is 3.92. The molecule has 2 N–H and O–H groups in total. The highest BCUT2D eigenvalue weighted by Crippen LogP contribution is 2.48. The first-order chi connectivity index (χ1) is 12.1. The number of benzene rings is 1. The minimum absolute atomic E-state index is 0.0429. The van der Waals surface area contributed by atoms with Crippen LogP contribution in [0.1, 0.15) is 39.5 Å². The zero-order chi connectivity index (χ0) is 17.8. The second-order valence-corrected chi connectivity index (χ2v) is 6.92. The molecule has 6 nitrogen and oxygen atoms in total. The zero-order valence-electron chi connectivity index (χ0n) is 14.8. The monoisotopic (exact) mass is 346 g/mol. The van der Waals surface area contributed by atoms with E-state index in [0.717, 1.165) is 25.0 Å². The summed E-state index contributed by atoms with van der Waals surface area (Å²) < 4.78 is 11.0. The normalized spacial score (nSPS) is 25.3. The zero-order valence-corrected chi connectivity index (χ0v) is 14.8. The summed E-state index contributed by atoms with van der Waals surface area (Å²) in [5.41, 5.74) is 5.05. The van der Waals surface area contributed by atoms with Gasteiger partial charge in [-0.25, -0.2) is 0 Å². The minimum Gasteiger partial charge on any atom is -0.494 e. The third-order valence-corrected chi connectivity index (χ3v) is 5.20. The van der Waals surface area contributed by atoms with Gasteiger partial charge < -0.3 is 9.47 Å². The molecule has 0 spiro atoms. The summed E-state index contributed by atoms with van der Waals surface area (Å²) in [5, 5.41) is 0. The van der Waals surface area contributed by atoms with Crippen molar-refractivity contribution in [2.24, 2.45) is 17.8 Å². The van der Waals surface area contributed by atoms with Crippen molar-refractivity contribution >= 4 is 11.8 Å². The summed E-state index contributed by atoms with van der Waals surface area (Å²) in [6.07, 6.45) is 3.77. The molecule has 3 rings (SSSR count). The molecule has 2 aliphatic carbocycles. The Balaban J connectivity index is 1.43. The lowest BCUT2D eigenvalue weighted by atomic mass is 9.88. The van der Waals surface area contributed by atoms with Gasteiger partial charge in [0.2, 0.25) is 5.91 Å². The van der Waals surface area contributed by atoms with Gasteiger partial charge in [0.15, 0.2) is 6.10 Å². The van der Waals surface area contributed by atoms with Crippen molar-refractivity contribution in [3.63, 3.8) is 0 Å². The first-order valence-corrected chi connectivity index (χ1v) is 9.06. The van der Waals surface area contributed by atoms with E-state index >= 15 is 0 Å². The van der Waals surface area contributed by atoms with Crippen LogP contribution in [0.5, 0.6) is 11.5 Å². The van der Waals surface area contributed by atoms with Crippen LogP contribution in [-0.2, 0) is 9.59 Å². The Bertz CT molecular complexity index is 616. The molecule has 6 heteroatoms. The lowest BCUT2D eigenvalue weighted by Crippen LogP contribution is -2.49. The molecule has 0 heterocycles. The Labute approximate surface area is 148 Å². The highest BCUT2D eigenvalue weighted by molar-refractivity contribution is 5.85. The molecule has 136 valence electrons. The Morgan fingerprint density at radius 3 is 2.44 bits per heavy atom. The van der Waals surface area contributed by atoms with Gasteiger partial charge >= 0.3 is 0 Å². The maximum absolute atomic E-state index is 12.2. The first-order valence-electron chi connectivity index (χ1n) is 9.06. The van der Waals surface area contributed by atoms with E-state index in [0.29, 0.717) is 24.2 Å². The number of carbonyl (C=O) groups is 2. The van der Waals surface area contributed by atoms with Gasteiger partial charge in [-0.1, -0.05) is 6.42 Å². The van der Waals surface area contributed by atoms with Gasteiger partial charge in [-0.15, -0.1) is 0 Å². The molecule has 25 heavy (non-hydrogen) atoms. The molecule has 0 aliphatic heterocycles. The van der Waals surface area contributed by atoms with Crippen LogP contribution < -0.4 is 20.3 Å². The molecule has 4 unspecified atom stereocenters. The third kappa shape index (κ3) is 4.24. The predicted molar refractivity (Wildman–Crippen MR) is 92.9 cm³/mol. The van der Waals surface area contributed by atoms with Crippen molar-refractivity contribution in [2.45, 2.75) is 45.6 Å². The quantitative estimate of drug-likeness (QED) is 0.776. The van der Waals surface area contributed by atoms with E-state index < -0.39 is 6.10 Å². The maximum atomic E-state index is 12.2. The fraction of sp³-hybridized carbons (Fsp3) is 0.579. The molecule has 0 radical (unpaired) electrons. The Hall–Kier alpha value is -2.24. The number of hydrogen-bond acceptors (Lipinski definition) is 4. The number of nitrogens with one attached hydrogen (secondary N) is 2. The summed E-state index contributed by atoms with van der Waals surface area (Å²) >= 11 is 0. The first kappa shape index (κ1) is 17.6.